The van der Waals surface area contributed by atoms with Gasteiger partial charge in [0.2, 0.25) is 0 Å². The van der Waals surface area contributed by atoms with Crippen molar-refractivity contribution >= 4 is 11.9 Å². The molecular formula is C48H75NO17. The van der Waals surface area contributed by atoms with Gasteiger partial charge in [-0.15, -0.1) is 0 Å². The largest absolute Gasteiger partial charge is 0.469 e. The Kier molecular flexibility index (Phi) is 24.3. The second-order valence-corrected chi connectivity index (χ2v) is 17.8. The molecule has 0 radical (unpaired) electrons. The van der Waals surface area contributed by atoms with Crippen molar-refractivity contribution in [3.63, 3.8) is 0 Å². The number of nitrogens with two attached hydrogens (primary N) is 1. The van der Waals surface area contributed by atoms with Crippen molar-refractivity contribution in [2.45, 2.75) is 177 Å². The van der Waals surface area contributed by atoms with E-state index in [1.54, 1.807) is 75.5 Å². The monoisotopic (exact) mass is 938 g/mol. The van der Waals surface area contributed by atoms with Crippen LogP contribution in [0.1, 0.15) is 79.1 Å². The predicted octanol–water partition coefficient (Wildman–Crippen LogP) is 0.800. The molecule has 374 valence electrons. The van der Waals surface area contributed by atoms with Crippen LogP contribution < -0.4 is 5.73 Å². The first-order valence-corrected chi connectivity index (χ1v) is 22.7. The number of esters is 2. The molecule has 18 heteroatoms. The molecule has 0 spiro atoms. The van der Waals surface area contributed by atoms with Crippen molar-refractivity contribution in [1.29, 1.82) is 0 Å². The molecular weight excluding hydrogens is 863 g/mol. The summed E-state index contributed by atoms with van der Waals surface area (Å²) in [6.45, 7) is 6.76. The van der Waals surface area contributed by atoms with Crippen LogP contribution in [0.15, 0.2) is 85.1 Å². The molecule has 0 amide bonds. The minimum atomic E-state index is -2.23. The zero-order chi connectivity index (χ0) is 49.1. The lowest BCUT2D eigenvalue weighted by molar-refractivity contribution is -0.308. The number of hydrogen-bond acceptors (Lipinski definition) is 18. The predicted molar refractivity (Wildman–Crippen MR) is 241 cm³/mol. The number of ether oxygens (including phenoxy) is 5. The molecule has 12 N–H and O–H groups in total. The maximum Gasteiger partial charge on any atom is 0.313 e. The lowest BCUT2D eigenvalue weighted by atomic mass is 9.82. The molecule has 0 aromatic rings. The number of aliphatic hydroxyl groups excluding tert-OH is 9. The molecule has 0 unspecified atom stereocenters. The van der Waals surface area contributed by atoms with Gasteiger partial charge in [-0.2, -0.15) is 0 Å². The Labute approximate surface area is 387 Å². The number of carbonyl (C=O) groups excluding carboxylic acids is 2. The lowest BCUT2D eigenvalue weighted by Crippen LogP contribution is -2.61. The lowest BCUT2D eigenvalue weighted by Gasteiger charge is -2.45. The van der Waals surface area contributed by atoms with E-state index < -0.39 is 141 Å². The van der Waals surface area contributed by atoms with Crippen molar-refractivity contribution in [1.82, 2.24) is 0 Å². The van der Waals surface area contributed by atoms with Gasteiger partial charge in [-0.05, 0) is 33.1 Å². The Hall–Kier alpha value is -3.44. The Balaban J connectivity index is 1.88. The first kappa shape index (κ1) is 56.9. The van der Waals surface area contributed by atoms with E-state index in [0.29, 0.717) is 0 Å². The molecule has 0 aromatic heterocycles. The Morgan fingerprint density at radius 2 is 1.24 bits per heavy atom. The molecule has 0 aliphatic carbocycles. The third kappa shape index (κ3) is 18.6. The Morgan fingerprint density at radius 3 is 1.83 bits per heavy atom. The number of carbonyl (C=O) groups is 2. The van der Waals surface area contributed by atoms with Crippen LogP contribution in [0.4, 0.5) is 0 Å². The summed E-state index contributed by atoms with van der Waals surface area (Å²) in [4.78, 5) is 25.7. The molecule has 3 heterocycles. The van der Waals surface area contributed by atoms with Crippen LogP contribution in [0.2, 0.25) is 0 Å². The first-order chi connectivity index (χ1) is 31.2. The summed E-state index contributed by atoms with van der Waals surface area (Å²) >= 11 is 0. The van der Waals surface area contributed by atoms with Gasteiger partial charge in [-0.3, -0.25) is 9.59 Å². The van der Waals surface area contributed by atoms with Gasteiger partial charge in [0.15, 0.2) is 12.1 Å². The van der Waals surface area contributed by atoms with Crippen LogP contribution in [0, 0.1) is 17.8 Å². The van der Waals surface area contributed by atoms with Crippen LogP contribution in [0.5, 0.6) is 0 Å². The van der Waals surface area contributed by atoms with Gasteiger partial charge in [-0.25, -0.2) is 0 Å². The SMILES string of the molecule is COC(=O)[C@H]1[C@@H]2C[C@@H](O[C@@H]3O[C@H](C)[C@@H](O)[C@H](N)[C@@H]3O)/C=C/C=C/C=C/C=C/C=C/C=C/C=C\[C@H](C)[C@@H](O)[C@H](C)[C@H](C)OC(=O)C[C@H](O)C[C@H](O)[C@@H](O)CC[C@H](O)C[C@H](O)C[C@](O)(C[C@@H]1O)O2. The van der Waals surface area contributed by atoms with Crippen molar-refractivity contribution in [3.05, 3.63) is 85.1 Å². The standard InChI is InChI=1S/C48H75NO17/c1-28-18-16-14-12-10-8-6-7-9-11-13-15-17-19-35(65-47-45(59)42(49)44(58)31(4)64-47)25-39-41(46(60)62-5)38(55)27-48(61,66-39)26-34(52)22-32(50)20-21-36(53)37(54)23-33(51)24-40(56)63-30(3)29(2)43(28)57/h6-19,28-39,41-45,47,50-55,57-59,61H,20-27,49H2,1-5H3/b7-6+,10-8+,11-9+,14-12+,15-13+,18-16-,19-17+/t28-,29+,30-,31+,32-,33+,34-,35-,36-,37-,38-,39-,41+,42-,43+,44+,45-,47-,48+/m0/s1. The Bertz CT molecular complexity index is 1680. The normalized spacial score (nSPS) is 44.9. The summed E-state index contributed by atoms with van der Waals surface area (Å²) in [6, 6.07) is -1.12. The maximum absolute atomic E-state index is 13.1. The van der Waals surface area contributed by atoms with Crippen molar-refractivity contribution in [3.8, 4) is 0 Å². The average Bonchev–Trinajstić information content (AvgIpc) is 3.24. The summed E-state index contributed by atoms with van der Waals surface area (Å²) in [5.74, 6) is -5.93. The maximum atomic E-state index is 13.1. The molecule has 3 aliphatic heterocycles. The van der Waals surface area contributed by atoms with Crippen LogP contribution in [0.3, 0.4) is 0 Å². The van der Waals surface area contributed by atoms with Gasteiger partial charge in [-0.1, -0.05) is 98.9 Å². The molecule has 3 aliphatic rings. The Morgan fingerprint density at radius 1 is 0.667 bits per heavy atom. The van der Waals surface area contributed by atoms with Crippen molar-refractivity contribution < 1.29 is 84.3 Å². The second-order valence-electron chi connectivity index (χ2n) is 17.8. The van der Waals surface area contributed by atoms with Crippen LogP contribution in [-0.4, -0.2) is 168 Å². The number of methoxy groups -OCH3 is 1. The van der Waals surface area contributed by atoms with E-state index in [1.165, 1.54) is 0 Å². The van der Waals surface area contributed by atoms with E-state index in [4.69, 9.17) is 29.4 Å². The number of cyclic esters (lactones) is 1. The average molecular weight is 938 g/mol. The van der Waals surface area contributed by atoms with Crippen molar-refractivity contribution in [2.75, 3.05) is 7.11 Å². The van der Waals surface area contributed by atoms with E-state index in [2.05, 4.69) is 0 Å². The molecule has 19 atom stereocenters. The van der Waals surface area contributed by atoms with Crippen LogP contribution in [-0.2, 0) is 33.3 Å². The molecule has 18 nitrogen and oxygen atoms in total. The minimum absolute atomic E-state index is 0.123. The third-order valence-corrected chi connectivity index (χ3v) is 12.2. The zero-order valence-electron chi connectivity index (χ0n) is 38.5. The summed E-state index contributed by atoms with van der Waals surface area (Å²) < 4.78 is 28.4. The summed E-state index contributed by atoms with van der Waals surface area (Å²) in [6.07, 6.45) is 4.59. The van der Waals surface area contributed by atoms with Gasteiger partial charge < -0.3 is 80.5 Å². The summed E-state index contributed by atoms with van der Waals surface area (Å²) in [7, 11) is 1.12. The van der Waals surface area contributed by atoms with Crippen LogP contribution in [0.25, 0.3) is 0 Å². The van der Waals surface area contributed by atoms with Gasteiger partial charge in [0.1, 0.15) is 18.1 Å². The van der Waals surface area contributed by atoms with Crippen molar-refractivity contribution in [2.24, 2.45) is 23.5 Å². The van der Waals surface area contributed by atoms with Gasteiger partial charge in [0.25, 0.3) is 0 Å². The highest BCUT2D eigenvalue weighted by atomic mass is 16.7. The van der Waals surface area contributed by atoms with E-state index in [0.717, 1.165) is 7.11 Å². The molecule has 2 fully saturated rings. The van der Waals surface area contributed by atoms with Gasteiger partial charge in [0.05, 0.1) is 86.7 Å². The molecule has 66 heavy (non-hydrogen) atoms. The number of hydrogen-bond donors (Lipinski definition) is 11. The fourth-order valence-corrected chi connectivity index (χ4v) is 8.09. The summed E-state index contributed by atoms with van der Waals surface area (Å²) in [5, 5.41) is 109. The van der Waals surface area contributed by atoms with E-state index in [1.807, 2.05) is 37.3 Å². The molecule has 3 rings (SSSR count). The second kappa shape index (κ2) is 28.1. The highest BCUT2D eigenvalue weighted by Crippen LogP contribution is 2.38. The topological polar surface area (TPSA) is 309 Å². The smallest absolute Gasteiger partial charge is 0.313 e. The van der Waals surface area contributed by atoms with E-state index >= 15 is 0 Å². The first-order valence-electron chi connectivity index (χ1n) is 22.7. The number of fused-ring (bicyclic) bond motifs is 2. The third-order valence-electron chi connectivity index (χ3n) is 12.2. The fraction of sp³-hybridized carbons (Fsp3) is 0.667. The zero-order valence-corrected chi connectivity index (χ0v) is 38.5. The highest BCUT2D eigenvalue weighted by Gasteiger charge is 2.51. The number of allylic oxidation sites excluding steroid dienone is 12. The van der Waals surface area contributed by atoms with E-state index in [9.17, 15) is 60.7 Å². The van der Waals surface area contributed by atoms with Gasteiger partial charge >= 0.3 is 11.9 Å². The molecule has 0 aromatic carbocycles. The van der Waals surface area contributed by atoms with Crippen LogP contribution >= 0.6 is 0 Å². The molecule has 2 bridgehead atoms. The fourth-order valence-electron chi connectivity index (χ4n) is 8.09. The highest BCUT2D eigenvalue weighted by molar-refractivity contribution is 5.74. The molecule has 0 saturated carbocycles. The number of rotatable bonds is 3. The summed E-state index contributed by atoms with van der Waals surface area (Å²) in [5.41, 5.74) is 6.05. The molecule has 2 saturated heterocycles. The van der Waals surface area contributed by atoms with E-state index in [-0.39, 0.29) is 38.0 Å². The minimum Gasteiger partial charge on any atom is -0.469 e. The van der Waals surface area contributed by atoms with Gasteiger partial charge in [0, 0.05) is 37.5 Å². The number of aliphatic hydroxyl groups is 10. The quantitative estimate of drug-likeness (QED) is 0.174.